The lowest BCUT2D eigenvalue weighted by Gasteiger charge is -2.13. The van der Waals surface area contributed by atoms with Gasteiger partial charge in [0.15, 0.2) is 5.65 Å². The van der Waals surface area contributed by atoms with Crippen LogP contribution in [0.3, 0.4) is 0 Å². The molecule has 0 atom stereocenters. The lowest BCUT2D eigenvalue weighted by Crippen LogP contribution is -2.16. The highest BCUT2D eigenvalue weighted by Gasteiger charge is 2.23. The predicted molar refractivity (Wildman–Crippen MR) is 62.3 cm³/mol. The molecule has 0 saturated heterocycles. The summed E-state index contributed by atoms with van der Waals surface area (Å²) in [6.45, 7) is 13.2. The topological polar surface area (TPSA) is 43.0 Å². The van der Waals surface area contributed by atoms with E-state index < -0.39 is 0 Å². The van der Waals surface area contributed by atoms with Gasteiger partial charge >= 0.3 is 0 Å². The number of hydrogen-bond acceptors (Lipinski definition) is 3. The molecule has 0 aliphatic heterocycles. The maximum absolute atomic E-state index is 7.13. The van der Waals surface area contributed by atoms with Crippen molar-refractivity contribution in [2.45, 2.75) is 26.2 Å². The Morgan fingerprint density at radius 3 is 2.62 bits per heavy atom. The number of hydrogen-bond donors (Lipinski definition) is 0. The molecule has 0 saturated carbocycles. The van der Waals surface area contributed by atoms with Crippen LogP contribution >= 0.6 is 0 Å². The Bertz CT molecular complexity index is 576. The highest BCUT2D eigenvalue weighted by atomic mass is 15.0. The normalized spacial score (nSPS) is 11.4. The molecule has 0 N–H and O–H groups in total. The van der Waals surface area contributed by atoms with Crippen LogP contribution in [0.4, 0.5) is 5.82 Å². The molecule has 0 unspecified atom stereocenters. The van der Waals surface area contributed by atoms with Crippen molar-refractivity contribution < 1.29 is 0 Å². The van der Waals surface area contributed by atoms with Crippen molar-refractivity contribution in [3.63, 3.8) is 0 Å². The minimum Gasteiger partial charge on any atom is -0.360 e. The van der Waals surface area contributed by atoms with Gasteiger partial charge in [0, 0.05) is 17.0 Å². The van der Waals surface area contributed by atoms with Crippen molar-refractivity contribution in [3.05, 3.63) is 35.6 Å². The summed E-state index contributed by atoms with van der Waals surface area (Å²) >= 11 is 0. The SMILES string of the molecule is [C-]#[N+]c1nc(C(C)(C)C)nc2ncccc12. The van der Waals surface area contributed by atoms with Gasteiger partial charge in [-0.25, -0.2) is 4.98 Å². The second-order valence-corrected chi connectivity index (χ2v) is 4.61. The van der Waals surface area contributed by atoms with Crippen LogP contribution in [0, 0.1) is 6.57 Å². The lowest BCUT2D eigenvalue weighted by atomic mass is 9.95. The highest BCUT2D eigenvalue weighted by Crippen LogP contribution is 2.26. The number of rotatable bonds is 0. The van der Waals surface area contributed by atoms with Crippen LogP contribution in [-0.4, -0.2) is 15.0 Å². The van der Waals surface area contributed by atoms with E-state index in [0.717, 1.165) is 0 Å². The Balaban J connectivity index is 2.80. The fourth-order valence-electron chi connectivity index (χ4n) is 1.37. The molecular formula is C12H12N4. The molecular weight excluding hydrogens is 200 g/mol. The molecule has 2 aromatic rings. The Morgan fingerprint density at radius 1 is 1.25 bits per heavy atom. The quantitative estimate of drug-likeness (QED) is 0.630. The predicted octanol–water partition coefficient (Wildman–Crippen LogP) is 2.87. The minimum atomic E-state index is -0.175. The van der Waals surface area contributed by atoms with Gasteiger partial charge in [-0.05, 0) is 6.07 Å². The number of nitrogens with zero attached hydrogens (tertiary/aromatic N) is 4. The smallest absolute Gasteiger partial charge is 0.282 e. The van der Waals surface area contributed by atoms with Crippen molar-refractivity contribution in [2.75, 3.05) is 0 Å². The molecule has 0 fully saturated rings. The van der Waals surface area contributed by atoms with Crippen LogP contribution in [0.25, 0.3) is 15.9 Å². The standard InChI is InChI=1S/C12H12N4/c1-12(2,3)11-15-9(13-4)8-6-5-7-14-10(8)16-11/h5-7H,1-3H3. The van der Waals surface area contributed by atoms with E-state index >= 15 is 0 Å². The molecule has 0 aliphatic rings. The summed E-state index contributed by atoms with van der Waals surface area (Å²) < 4.78 is 0. The third kappa shape index (κ3) is 1.72. The van der Waals surface area contributed by atoms with Gasteiger partial charge in [0.2, 0.25) is 5.82 Å². The van der Waals surface area contributed by atoms with Gasteiger partial charge in [0.1, 0.15) is 0 Å². The first-order chi connectivity index (χ1) is 7.52. The molecule has 80 valence electrons. The monoisotopic (exact) mass is 212 g/mol. The molecule has 0 bridgehead atoms. The van der Waals surface area contributed by atoms with Crippen LogP contribution in [-0.2, 0) is 5.41 Å². The fourth-order valence-corrected chi connectivity index (χ4v) is 1.37. The van der Waals surface area contributed by atoms with E-state index in [9.17, 15) is 0 Å². The number of aromatic nitrogens is 3. The third-order valence-electron chi connectivity index (χ3n) is 2.23. The Kier molecular flexibility index (Phi) is 2.31. The van der Waals surface area contributed by atoms with Crippen LogP contribution in [0.1, 0.15) is 26.6 Å². The van der Waals surface area contributed by atoms with E-state index in [0.29, 0.717) is 22.7 Å². The zero-order valence-corrected chi connectivity index (χ0v) is 9.52. The lowest BCUT2D eigenvalue weighted by molar-refractivity contribution is 0.549. The maximum Gasteiger partial charge on any atom is 0.282 e. The molecule has 0 amide bonds. The summed E-state index contributed by atoms with van der Waals surface area (Å²) in [6.07, 6.45) is 1.68. The van der Waals surface area contributed by atoms with Crippen LogP contribution < -0.4 is 0 Å². The Labute approximate surface area is 94.2 Å². The van der Waals surface area contributed by atoms with E-state index in [2.05, 4.69) is 19.8 Å². The molecule has 0 radical (unpaired) electrons. The van der Waals surface area contributed by atoms with E-state index in [1.807, 2.05) is 26.8 Å². The van der Waals surface area contributed by atoms with Crippen molar-refractivity contribution in [1.29, 1.82) is 0 Å². The summed E-state index contributed by atoms with van der Waals surface area (Å²) in [5.41, 5.74) is 0.416. The zero-order valence-electron chi connectivity index (χ0n) is 9.52. The van der Waals surface area contributed by atoms with Crippen molar-refractivity contribution >= 4 is 16.9 Å². The van der Waals surface area contributed by atoms with E-state index in [4.69, 9.17) is 6.57 Å². The summed E-state index contributed by atoms with van der Waals surface area (Å²) in [5.74, 6) is 1.03. The summed E-state index contributed by atoms with van der Waals surface area (Å²) in [4.78, 5) is 16.3. The first-order valence-electron chi connectivity index (χ1n) is 5.03. The first-order valence-corrected chi connectivity index (χ1v) is 5.03. The largest absolute Gasteiger partial charge is 0.360 e. The molecule has 0 aliphatic carbocycles. The van der Waals surface area contributed by atoms with Crippen molar-refractivity contribution in [3.8, 4) is 0 Å². The van der Waals surface area contributed by atoms with Crippen LogP contribution in [0.5, 0.6) is 0 Å². The molecule has 0 spiro atoms. The van der Waals surface area contributed by atoms with Gasteiger partial charge in [-0.3, -0.25) is 0 Å². The van der Waals surface area contributed by atoms with Crippen molar-refractivity contribution in [1.82, 2.24) is 15.0 Å². The van der Waals surface area contributed by atoms with E-state index in [1.54, 1.807) is 12.3 Å². The Hall–Kier alpha value is -2.02. The second-order valence-electron chi connectivity index (χ2n) is 4.61. The van der Waals surface area contributed by atoms with Gasteiger partial charge in [-0.15, -0.1) is 4.98 Å². The van der Waals surface area contributed by atoms with Gasteiger partial charge in [-0.1, -0.05) is 33.4 Å². The molecule has 2 aromatic heterocycles. The molecule has 0 aromatic carbocycles. The van der Waals surface area contributed by atoms with Gasteiger partial charge in [0.05, 0.1) is 0 Å². The molecule has 4 heteroatoms. The average molecular weight is 212 g/mol. The molecule has 2 heterocycles. The number of pyridine rings is 1. The zero-order chi connectivity index (χ0) is 11.8. The van der Waals surface area contributed by atoms with Gasteiger partial charge < -0.3 is 4.85 Å². The minimum absolute atomic E-state index is 0.175. The van der Waals surface area contributed by atoms with E-state index in [-0.39, 0.29) is 5.41 Å². The highest BCUT2D eigenvalue weighted by molar-refractivity contribution is 5.86. The average Bonchev–Trinajstić information content (AvgIpc) is 2.26. The van der Waals surface area contributed by atoms with Gasteiger partial charge in [-0.2, -0.15) is 4.98 Å². The van der Waals surface area contributed by atoms with Crippen LogP contribution in [0.2, 0.25) is 0 Å². The first kappa shape index (κ1) is 10.5. The molecule has 16 heavy (non-hydrogen) atoms. The van der Waals surface area contributed by atoms with Crippen LogP contribution in [0.15, 0.2) is 18.3 Å². The number of fused-ring (bicyclic) bond motifs is 1. The second kappa shape index (κ2) is 3.53. The van der Waals surface area contributed by atoms with E-state index in [1.165, 1.54) is 0 Å². The summed E-state index contributed by atoms with van der Waals surface area (Å²) in [6, 6.07) is 3.61. The fraction of sp³-hybridized carbons (Fsp3) is 0.333. The summed E-state index contributed by atoms with van der Waals surface area (Å²) in [5, 5.41) is 0.713. The summed E-state index contributed by atoms with van der Waals surface area (Å²) in [7, 11) is 0. The maximum atomic E-state index is 7.13. The Morgan fingerprint density at radius 2 is 2.00 bits per heavy atom. The van der Waals surface area contributed by atoms with Gasteiger partial charge in [0.25, 0.3) is 5.82 Å². The third-order valence-corrected chi connectivity index (χ3v) is 2.23. The molecule has 2 rings (SSSR count). The molecule has 4 nitrogen and oxygen atoms in total. The van der Waals surface area contributed by atoms with Crippen molar-refractivity contribution in [2.24, 2.45) is 0 Å².